The van der Waals surface area contributed by atoms with Crippen LogP contribution in [0.3, 0.4) is 0 Å². The zero-order valence-corrected chi connectivity index (χ0v) is 13.9. The van der Waals surface area contributed by atoms with Gasteiger partial charge >= 0.3 is 0 Å². The molecule has 0 atom stereocenters. The maximum atomic E-state index is 4.56. The highest BCUT2D eigenvalue weighted by molar-refractivity contribution is 14.0. The smallest absolute Gasteiger partial charge is 0.191 e. The Labute approximate surface area is 129 Å². The molecular formula is C14H28IN3. The second-order valence-corrected chi connectivity index (χ2v) is 4.72. The van der Waals surface area contributed by atoms with Gasteiger partial charge in [-0.2, -0.15) is 0 Å². The lowest BCUT2D eigenvalue weighted by Crippen LogP contribution is -2.37. The van der Waals surface area contributed by atoms with Gasteiger partial charge in [-0.1, -0.05) is 31.8 Å². The summed E-state index contributed by atoms with van der Waals surface area (Å²) in [6.07, 6.45) is 10.2. The molecule has 0 aromatic heterocycles. The van der Waals surface area contributed by atoms with Crippen molar-refractivity contribution in [3.05, 3.63) is 12.7 Å². The van der Waals surface area contributed by atoms with E-state index < -0.39 is 0 Å². The summed E-state index contributed by atoms with van der Waals surface area (Å²) in [4.78, 5) is 4.56. The third kappa shape index (κ3) is 7.95. The third-order valence-electron chi connectivity index (χ3n) is 3.27. The van der Waals surface area contributed by atoms with Gasteiger partial charge in [0.1, 0.15) is 0 Å². The molecule has 0 aliphatic heterocycles. The minimum absolute atomic E-state index is 0. The molecule has 0 saturated heterocycles. The number of nitrogens with one attached hydrogen (secondary N) is 2. The summed E-state index contributed by atoms with van der Waals surface area (Å²) in [5, 5.41) is 6.46. The van der Waals surface area contributed by atoms with E-state index in [1.165, 1.54) is 38.5 Å². The molecule has 1 fully saturated rings. The Morgan fingerprint density at radius 2 is 2.06 bits per heavy atom. The highest BCUT2D eigenvalue weighted by atomic mass is 127. The van der Waals surface area contributed by atoms with E-state index in [-0.39, 0.29) is 24.0 Å². The van der Waals surface area contributed by atoms with E-state index >= 15 is 0 Å². The van der Waals surface area contributed by atoms with E-state index in [0.717, 1.165) is 31.5 Å². The predicted octanol–water partition coefficient (Wildman–Crippen LogP) is 3.32. The van der Waals surface area contributed by atoms with E-state index in [2.05, 4.69) is 29.1 Å². The molecule has 0 bridgehead atoms. The van der Waals surface area contributed by atoms with Gasteiger partial charge in [0.15, 0.2) is 5.96 Å². The van der Waals surface area contributed by atoms with Gasteiger partial charge in [0.25, 0.3) is 0 Å². The molecule has 1 aliphatic rings. The zero-order chi connectivity index (χ0) is 12.3. The van der Waals surface area contributed by atoms with Crippen LogP contribution in [0.15, 0.2) is 17.6 Å². The first-order valence-electron chi connectivity index (χ1n) is 7.00. The summed E-state index contributed by atoms with van der Waals surface area (Å²) >= 11 is 0. The van der Waals surface area contributed by atoms with Gasteiger partial charge in [0, 0.05) is 19.6 Å². The van der Waals surface area contributed by atoms with Crippen LogP contribution in [0.25, 0.3) is 0 Å². The number of nitrogens with zero attached hydrogens (tertiary/aromatic N) is 1. The molecule has 1 aliphatic carbocycles. The maximum absolute atomic E-state index is 4.56. The molecule has 1 saturated carbocycles. The van der Waals surface area contributed by atoms with E-state index in [4.69, 9.17) is 0 Å². The fraction of sp³-hybridized carbons (Fsp3) is 0.786. The molecule has 0 aromatic carbocycles. The first kappa shape index (κ1) is 17.7. The molecule has 2 N–H and O–H groups in total. The normalized spacial score (nSPS) is 16.2. The van der Waals surface area contributed by atoms with Gasteiger partial charge in [-0.15, -0.1) is 30.6 Å². The molecule has 3 nitrogen and oxygen atoms in total. The fourth-order valence-electron chi connectivity index (χ4n) is 2.38. The van der Waals surface area contributed by atoms with Crippen molar-refractivity contribution in [1.29, 1.82) is 0 Å². The number of halogens is 1. The van der Waals surface area contributed by atoms with Crippen molar-refractivity contribution in [2.45, 2.75) is 45.4 Å². The number of hydrogen-bond donors (Lipinski definition) is 2. The van der Waals surface area contributed by atoms with Crippen LogP contribution < -0.4 is 10.6 Å². The Hall–Kier alpha value is -0.260. The molecule has 0 spiro atoms. The summed E-state index contributed by atoms with van der Waals surface area (Å²) in [5.74, 6) is 1.90. The van der Waals surface area contributed by atoms with Crippen molar-refractivity contribution in [2.75, 3.05) is 19.6 Å². The topological polar surface area (TPSA) is 36.4 Å². The van der Waals surface area contributed by atoms with E-state index in [9.17, 15) is 0 Å². The molecule has 0 heterocycles. The van der Waals surface area contributed by atoms with Crippen LogP contribution in [0.2, 0.25) is 0 Å². The van der Waals surface area contributed by atoms with Crippen molar-refractivity contribution in [1.82, 2.24) is 10.6 Å². The molecule has 1 rings (SSSR count). The monoisotopic (exact) mass is 365 g/mol. The standard InChI is InChI=1S/C14H27N3.HI/c1-3-11-16-14(15-4-2)17-12-7-10-13-8-5-6-9-13;/h3,13H,1,4-12H2,2H3,(H2,15,16,17);1H. The number of guanidine groups is 1. The van der Waals surface area contributed by atoms with Crippen LogP contribution in [0.4, 0.5) is 0 Å². The first-order valence-corrected chi connectivity index (χ1v) is 7.00. The van der Waals surface area contributed by atoms with Crippen LogP contribution in [0.1, 0.15) is 45.4 Å². The lowest BCUT2D eigenvalue weighted by molar-refractivity contribution is 0.487. The Kier molecular flexibility index (Phi) is 11.6. The summed E-state index contributed by atoms with van der Waals surface area (Å²) in [5.41, 5.74) is 0. The second kappa shape index (κ2) is 11.8. The van der Waals surface area contributed by atoms with E-state index in [0.29, 0.717) is 0 Å². The molecule has 4 heteroatoms. The molecule has 0 amide bonds. The molecule has 0 radical (unpaired) electrons. The minimum atomic E-state index is 0. The van der Waals surface area contributed by atoms with Gasteiger partial charge in [-0.05, 0) is 25.7 Å². The van der Waals surface area contributed by atoms with Crippen molar-refractivity contribution in [3.8, 4) is 0 Å². The Bertz CT molecular complexity index is 235. The summed E-state index contributed by atoms with van der Waals surface area (Å²) in [6, 6.07) is 0. The minimum Gasteiger partial charge on any atom is -0.357 e. The SMILES string of the molecule is C=CCNC(=NCCCC1CCCC1)NCC.I. The van der Waals surface area contributed by atoms with Crippen molar-refractivity contribution in [3.63, 3.8) is 0 Å². The van der Waals surface area contributed by atoms with E-state index in [1.54, 1.807) is 0 Å². The van der Waals surface area contributed by atoms with Gasteiger partial charge in [-0.25, -0.2) is 0 Å². The highest BCUT2D eigenvalue weighted by Crippen LogP contribution is 2.28. The lowest BCUT2D eigenvalue weighted by Gasteiger charge is -2.10. The summed E-state index contributed by atoms with van der Waals surface area (Å²) in [6.45, 7) is 8.40. The Morgan fingerprint density at radius 3 is 2.67 bits per heavy atom. The second-order valence-electron chi connectivity index (χ2n) is 4.72. The van der Waals surface area contributed by atoms with Gasteiger partial charge in [0.05, 0.1) is 0 Å². The largest absolute Gasteiger partial charge is 0.357 e. The number of aliphatic imine (C=N–C) groups is 1. The van der Waals surface area contributed by atoms with Crippen LogP contribution in [-0.2, 0) is 0 Å². The Morgan fingerprint density at radius 1 is 1.33 bits per heavy atom. The van der Waals surface area contributed by atoms with Gasteiger partial charge in [-0.3, -0.25) is 4.99 Å². The third-order valence-corrected chi connectivity index (χ3v) is 3.27. The van der Waals surface area contributed by atoms with Gasteiger partial charge < -0.3 is 10.6 Å². The fourth-order valence-corrected chi connectivity index (χ4v) is 2.38. The van der Waals surface area contributed by atoms with Crippen molar-refractivity contribution >= 4 is 29.9 Å². The Balaban J connectivity index is 0.00000289. The number of hydrogen-bond acceptors (Lipinski definition) is 1. The summed E-state index contributed by atoms with van der Waals surface area (Å²) < 4.78 is 0. The lowest BCUT2D eigenvalue weighted by atomic mass is 10.0. The quantitative estimate of drug-likeness (QED) is 0.239. The summed E-state index contributed by atoms with van der Waals surface area (Å²) in [7, 11) is 0. The van der Waals surface area contributed by atoms with Crippen molar-refractivity contribution < 1.29 is 0 Å². The molecular weight excluding hydrogens is 337 g/mol. The van der Waals surface area contributed by atoms with Crippen LogP contribution in [0.5, 0.6) is 0 Å². The highest BCUT2D eigenvalue weighted by Gasteiger charge is 2.13. The van der Waals surface area contributed by atoms with Gasteiger partial charge in [0.2, 0.25) is 0 Å². The molecule has 0 aromatic rings. The van der Waals surface area contributed by atoms with E-state index in [1.807, 2.05) is 6.08 Å². The van der Waals surface area contributed by atoms with Crippen LogP contribution in [0, 0.1) is 5.92 Å². The average molecular weight is 365 g/mol. The molecule has 0 unspecified atom stereocenters. The predicted molar refractivity (Wildman–Crippen MR) is 90.8 cm³/mol. The number of rotatable bonds is 7. The molecule has 106 valence electrons. The first-order chi connectivity index (χ1) is 8.36. The van der Waals surface area contributed by atoms with Crippen molar-refractivity contribution in [2.24, 2.45) is 10.9 Å². The zero-order valence-electron chi connectivity index (χ0n) is 11.6. The average Bonchev–Trinajstić information content (AvgIpc) is 2.84. The maximum Gasteiger partial charge on any atom is 0.191 e. The molecule has 18 heavy (non-hydrogen) atoms. The van der Waals surface area contributed by atoms with Crippen LogP contribution in [-0.4, -0.2) is 25.6 Å². The van der Waals surface area contributed by atoms with Crippen LogP contribution >= 0.6 is 24.0 Å².